The van der Waals surface area contributed by atoms with Gasteiger partial charge in [-0.15, -0.1) is 0 Å². The summed E-state index contributed by atoms with van der Waals surface area (Å²) in [6, 6.07) is 8.51. The number of ether oxygens (including phenoxy) is 1. The van der Waals surface area contributed by atoms with Gasteiger partial charge in [0.1, 0.15) is 17.9 Å². The van der Waals surface area contributed by atoms with E-state index in [1.165, 1.54) is 25.7 Å². The summed E-state index contributed by atoms with van der Waals surface area (Å²) in [4.78, 5) is 21.0. The molecule has 0 radical (unpaired) electrons. The van der Waals surface area contributed by atoms with Crippen LogP contribution in [0.15, 0.2) is 29.3 Å². The monoisotopic (exact) mass is 491 g/mol. The first-order chi connectivity index (χ1) is 17.4. The zero-order chi connectivity index (χ0) is 25.2. The van der Waals surface area contributed by atoms with Gasteiger partial charge in [0.25, 0.3) is 0 Å². The van der Waals surface area contributed by atoms with E-state index in [0.29, 0.717) is 24.8 Å². The van der Waals surface area contributed by atoms with E-state index in [9.17, 15) is 5.11 Å². The molecule has 1 saturated carbocycles. The van der Waals surface area contributed by atoms with Crippen molar-refractivity contribution in [1.82, 2.24) is 19.5 Å². The van der Waals surface area contributed by atoms with Gasteiger partial charge in [-0.2, -0.15) is 4.98 Å². The Hall–Kier alpha value is -3.04. The summed E-state index contributed by atoms with van der Waals surface area (Å²) in [5, 5.41) is 9.32. The molecule has 36 heavy (non-hydrogen) atoms. The molecule has 1 unspecified atom stereocenters. The normalized spacial score (nSPS) is 23.4. The molecule has 1 aliphatic heterocycles. The molecule has 5 rings (SSSR count). The summed E-state index contributed by atoms with van der Waals surface area (Å²) in [7, 11) is 0. The number of aryl methyl sites for hydroxylation is 1. The summed E-state index contributed by atoms with van der Waals surface area (Å²) >= 11 is 0. The maximum Gasteiger partial charge on any atom is 0.208 e. The Morgan fingerprint density at radius 1 is 1.17 bits per heavy atom. The van der Waals surface area contributed by atoms with Gasteiger partial charge in [0, 0.05) is 18.7 Å². The zero-order valence-electron chi connectivity index (χ0n) is 21.5. The first-order valence-electron chi connectivity index (χ1n) is 13.1. The van der Waals surface area contributed by atoms with Crippen molar-refractivity contribution in [2.75, 3.05) is 31.4 Å². The maximum absolute atomic E-state index is 9.32. The molecule has 1 aromatic carbocycles. The highest BCUT2D eigenvalue weighted by molar-refractivity contribution is 5.98. The number of rotatable bonds is 6. The predicted molar refractivity (Wildman–Crippen MR) is 142 cm³/mol. The van der Waals surface area contributed by atoms with Crippen LogP contribution in [0.5, 0.6) is 0 Å². The fourth-order valence-corrected chi connectivity index (χ4v) is 5.47. The van der Waals surface area contributed by atoms with Crippen LogP contribution in [0.25, 0.3) is 22.4 Å². The van der Waals surface area contributed by atoms with Crippen molar-refractivity contribution in [2.45, 2.75) is 59.0 Å². The first kappa shape index (κ1) is 24.6. The highest BCUT2D eigenvalue weighted by Gasteiger charge is 2.29. The van der Waals surface area contributed by atoms with Crippen molar-refractivity contribution < 1.29 is 9.84 Å². The number of aliphatic hydroxyl groups is 1. The Balaban J connectivity index is 1.73. The second-order valence-electron chi connectivity index (χ2n) is 10.4. The van der Waals surface area contributed by atoms with E-state index >= 15 is 0 Å². The second-order valence-corrected chi connectivity index (χ2v) is 10.4. The summed E-state index contributed by atoms with van der Waals surface area (Å²) in [5.74, 6) is 2.68. The van der Waals surface area contributed by atoms with Gasteiger partial charge >= 0.3 is 0 Å². The number of nitrogens with zero attached hydrogens (tertiary/aromatic N) is 6. The molecule has 192 valence electrons. The minimum atomic E-state index is -0.419. The highest BCUT2D eigenvalue weighted by Crippen LogP contribution is 2.36. The third-order valence-electron chi connectivity index (χ3n) is 7.55. The lowest BCUT2D eigenvalue weighted by Gasteiger charge is -2.35. The molecule has 3 heterocycles. The van der Waals surface area contributed by atoms with Crippen molar-refractivity contribution in [3.8, 4) is 11.3 Å². The number of benzene rings is 1. The predicted octanol–water partition coefficient (Wildman–Crippen LogP) is 3.51. The van der Waals surface area contributed by atoms with E-state index in [4.69, 9.17) is 25.4 Å². The van der Waals surface area contributed by atoms with Crippen molar-refractivity contribution in [3.05, 3.63) is 35.7 Å². The number of imidazole rings is 1. The molecule has 3 N–H and O–H groups in total. The molecule has 1 aliphatic carbocycles. The Bertz CT molecular complexity index is 1250. The summed E-state index contributed by atoms with van der Waals surface area (Å²) in [5.41, 5.74) is 10.6. The van der Waals surface area contributed by atoms with E-state index in [1.54, 1.807) is 0 Å². The van der Waals surface area contributed by atoms with Gasteiger partial charge in [0.15, 0.2) is 17.3 Å². The van der Waals surface area contributed by atoms with Crippen LogP contribution in [0.2, 0.25) is 0 Å². The number of hydrogen-bond acceptors (Lipinski definition) is 7. The van der Waals surface area contributed by atoms with Gasteiger partial charge in [0.05, 0.1) is 19.3 Å². The second kappa shape index (κ2) is 10.5. The topological polar surface area (TPSA) is 115 Å². The quantitative estimate of drug-likeness (QED) is 0.400. The van der Waals surface area contributed by atoms with Crippen LogP contribution in [0.4, 0.5) is 5.95 Å². The number of fused-ring (bicyclic) bond motifs is 1. The minimum Gasteiger partial charge on any atom is -0.381 e. The van der Waals surface area contributed by atoms with Crippen LogP contribution in [0, 0.1) is 18.8 Å². The zero-order valence-corrected chi connectivity index (χ0v) is 21.5. The Labute approximate surface area is 212 Å². The van der Waals surface area contributed by atoms with Crippen molar-refractivity contribution >= 4 is 22.9 Å². The van der Waals surface area contributed by atoms with Gasteiger partial charge in [-0.25, -0.2) is 15.0 Å². The number of amidine groups is 1. The molecule has 1 saturated heterocycles. The van der Waals surface area contributed by atoms with Crippen molar-refractivity contribution in [1.29, 1.82) is 0 Å². The first-order valence-corrected chi connectivity index (χ1v) is 13.1. The number of anilines is 1. The summed E-state index contributed by atoms with van der Waals surface area (Å²) in [6.45, 7) is 9.19. The molecule has 2 fully saturated rings. The Kier molecular flexibility index (Phi) is 7.20. The van der Waals surface area contributed by atoms with E-state index in [0.717, 1.165) is 47.3 Å². The van der Waals surface area contributed by atoms with Crippen LogP contribution >= 0.6 is 0 Å². The average Bonchev–Trinajstić information content (AvgIpc) is 3.23. The largest absolute Gasteiger partial charge is 0.381 e. The molecule has 3 aromatic rings. The van der Waals surface area contributed by atoms with Gasteiger partial charge in [-0.1, -0.05) is 43.5 Å². The molecule has 0 amide bonds. The molecule has 2 aliphatic rings. The summed E-state index contributed by atoms with van der Waals surface area (Å²) < 4.78 is 8.08. The number of aromatic nitrogens is 4. The third kappa shape index (κ3) is 4.95. The molecular weight excluding hydrogens is 454 g/mol. The molecule has 2 aromatic heterocycles. The van der Waals surface area contributed by atoms with Crippen LogP contribution in [0.3, 0.4) is 0 Å². The molecule has 0 bridgehead atoms. The maximum atomic E-state index is 9.32. The van der Waals surface area contributed by atoms with Crippen molar-refractivity contribution in [2.24, 2.45) is 22.6 Å². The Morgan fingerprint density at radius 2 is 1.97 bits per heavy atom. The smallest absolute Gasteiger partial charge is 0.208 e. The molecule has 9 nitrogen and oxygen atoms in total. The number of nitrogens with two attached hydrogens (primary N) is 1. The lowest BCUT2D eigenvalue weighted by atomic mass is 9.83. The molecular formula is C27H37N7O2. The fraction of sp³-hybridized carbons (Fsp3) is 0.556. The van der Waals surface area contributed by atoms with E-state index < -0.39 is 6.73 Å². The van der Waals surface area contributed by atoms with E-state index in [2.05, 4.69) is 53.4 Å². The van der Waals surface area contributed by atoms with Crippen LogP contribution < -0.4 is 10.6 Å². The third-order valence-corrected chi connectivity index (χ3v) is 7.55. The van der Waals surface area contributed by atoms with Gasteiger partial charge in [0.2, 0.25) is 5.95 Å². The molecule has 1 atom stereocenters. The van der Waals surface area contributed by atoms with Crippen LogP contribution in [-0.2, 0) is 11.3 Å². The van der Waals surface area contributed by atoms with Crippen LogP contribution in [-0.4, -0.2) is 63.0 Å². The number of aliphatic hydroxyl groups excluding tert-OH is 1. The van der Waals surface area contributed by atoms with Gasteiger partial charge in [-0.3, -0.25) is 0 Å². The van der Waals surface area contributed by atoms with E-state index in [1.807, 2.05) is 6.07 Å². The Morgan fingerprint density at radius 3 is 2.69 bits per heavy atom. The fourth-order valence-electron chi connectivity index (χ4n) is 5.47. The summed E-state index contributed by atoms with van der Waals surface area (Å²) in [6.07, 6.45) is 4.96. The standard InChI is InChI=1S/C27H37N7O2/c1-17-7-9-20(10-8-17)14-34-23-22(21-6-4-5-18(2)13-21)30-26(24(28)29-16-35)31-25(23)32-27(34)33-11-12-36-15-19(33)3/h4-6,13,17,19-20,35H,7-12,14-16H2,1-3H3,(H2,28,29). The lowest BCUT2D eigenvalue weighted by molar-refractivity contribution is 0.0976. The number of aliphatic imine (C=N–C) groups is 1. The SMILES string of the molecule is Cc1cccc(-c2nc(C(N)=NCO)nc3nc(N4CCOCC4C)n(CC4CCC(C)CC4)c23)c1. The highest BCUT2D eigenvalue weighted by atomic mass is 16.5. The average molecular weight is 492 g/mol. The lowest BCUT2D eigenvalue weighted by Crippen LogP contribution is -2.45. The van der Waals surface area contributed by atoms with Gasteiger partial charge < -0.3 is 25.0 Å². The molecule has 0 spiro atoms. The molecule has 9 heteroatoms. The van der Waals surface area contributed by atoms with Crippen LogP contribution in [0.1, 0.15) is 50.9 Å². The minimum absolute atomic E-state index is 0.102. The number of hydrogen-bond donors (Lipinski definition) is 2. The number of morpholine rings is 1. The van der Waals surface area contributed by atoms with E-state index in [-0.39, 0.29) is 17.7 Å². The van der Waals surface area contributed by atoms with Crippen molar-refractivity contribution in [3.63, 3.8) is 0 Å². The van der Waals surface area contributed by atoms with Gasteiger partial charge in [-0.05, 0) is 44.6 Å².